The van der Waals surface area contributed by atoms with Gasteiger partial charge in [-0.05, 0) is 20.8 Å². The van der Waals surface area contributed by atoms with Crippen molar-refractivity contribution in [3.05, 3.63) is 15.6 Å². The summed E-state index contributed by atoms with van der Waals surface area (Å²) in [5.74, 6) is 0. The monoisotopic (exact) mass is 258 g/mol. The Morgan fingerprint density at radius 1 is 1.29 bits per heavy atom. The molecule has 0 bridgehead atoms. The van der Waals surface area contributed by atoms with Gasteiger partial charge in [0.2, 0.25) is 0 Å². The van der Waals surface area contributed by atoms with Crippen molar-refractivity contribution in [3.8, 4) is 0 Å². The van der Waals surface area contributed by atoms with Gasteiger partial charge in [-0.1, -0.05) is 0 Å². The van der Waals surface area contributed by atoms with E-state index >= 15 is 0 Å². The highest BCUT2D eigenvalue weighted by molar-refractivity contribution is 7.11. The second kappa shape index (κ2) is 7.76. The lowest BCUT2D eigenvalue weighted by molar-refractivity contribution is 0.0712. The average molecular weight is 258 g/mol. The number of nitrogens with zero attached hydrogens (tertiary/aromatic N) is 1. The molecular weight excluding hydrogens is 236 g/mol. The zero-order chi connectivity index (χ0) is 12.7. The van der Waals surface area contributed by atoms with E-state index in [0.29, 0.717) is 19.8 Å². The number of thiazole rings is 1. The molecule has 0 spiro atoms. The fourth-order valence-electron chi connectivity index (χ4n) is 1.64. The van der Waals surface area contributed by atoms with Crippen LogP contribution in [0.5, 0.6) is 0 Å². The SMILES string of the molecule is COCCOCCNC(C)c1nc(C)sc1C. The van der Waals surface area contributed by atoms with Crippen molar-refractivity contribution in [1.29, 1.82) is 0 Å². The van der Waals surface area contributed by atoms with Gasteiger partial charge in [0.25, 0.3) is 0 Å². The van der Waals surface area contributed by atoms with E-state index in [4.69, 9.17) is 9.47 Å². The molecule has 0 aliphatic rings. The van der Waals surface area contributed by atoms with E-state index < -0.39 is 0 Å². The van der Waals surface area contributed by atoms with Crippen LogP contribution in [0.25, 0.3) is 0 Å². The summed E-state index contributed by atoms with van der Waals surface area (Å²) < 4.78 is 10.3. The Morgan fingerprint density at radius 3 is 2.65 bits per heavy atom. The molecule has 1 rings (SSSR count). The van der Waals surface area contributed by atoms with Crippen LogP contribution >= 0.6 is 11.3 Å². The molecule has 0 amide bonds. The lowest BCUT2D eigenvalue weighted by Crippen LogP contribution is -2.24. The Morgan fingerprint density at radius 2 is 2.06 bits per heavy atom. The third-order valence-corrected chi connectivity index (χ3v) is 3.38. The molecule has 1 N–H and O–H groups in total. The van der Waals surface area contributed by atoms with Gasteiger partial charge >= 0.3 is 0 Å². The quantitative estimate of drug-likeness (QED) is 0.725. The molecule has 17 heavy (non-hydrogen) atoms. The predicted molar refractivity (Wildman–Crippen MR) is 70.7 cm³/mol. The van der Waals surface area contributed by atoms with E-state index in [1.165, 1.54) is 4.88 Å². The van der Waals surface area contributed by atoms with Crippen LogP contribution in [0.2, 0.25) is 0 Å². The molecule has 0 saturated carbocycles. The Labute approximate surface area is 107 Å². The van der Waals surface area contributed by atoms with Gasteiger partial charge < -0.3 is 14.8 Å². The summed E-state index contributed by atoms with van der Waals surface area (Å²) in [5.41, 5.74) is 1.16. The summed E-state index contributed by atoms with van der Waals surface area (Å²) in [6.07, 6.45) is 0. The Balaban J connectivity index is 2.21. The topological polar surface area (TPSA) is 43.4 Å². The van der Waals surface area contributed by atoms with Crippen LogP contribution in [0.15, 0.2) is 0 Å². The largest absolute Gasteiger partial charge is 0.382 e. The second-order valence-electron chi connectivity index (χ2n) is 3.96. The number of ether oxygens (including phenoxy) is 2. The van der Waals surface area contributed by atoms with Crippen molar-refractivity contribution in [2.45, 2.75) is 26.8 Å². The number of aromatic nitrogens is 1. The minimum atomic E-state index is 0.283. The number of hydrogen-bond donors (Lipinski definition) is 1. The number of nitrogens with one attached hydrogen (secondary N) is 1. The van der Waals surface area contributed by atoms with Gasteiger partial charge in [-0.25, -0.2) is 4.98 Å². The zero-order valence-corrected chi connectivity index (χ0v) is 11.9. The fraction of sp³-hybridized carbons (Fsp3) is 0.750. The first kappa shape index (κ1) is 14.6. The maximum Gasteiger partial charge on any atom is 0.0900 e. The molecule has 0 saturated heterocycles. The third-order valence-electron chi connectivity index (χ3n) is 2.48. The Kier molecular flexibility index (Phi) is 6.65. The van der Waals surface area contributed by atoms with E-state index in [9.17, 15) is 0 Å². The third kappa shape index (κ3) is 5.12. The lowest BCUT2D eigenvalue weighted by Gasteiger charge is -2.12. The summed E-state index contributed by atoms with van der Waals surface area (Å²) in [7, 11) is 1.68. The van der Waals surface area contributed by atoms with E-state index in [-0.39, 0.29) is 6.04 Å². The number of rotatable bonds is 8. The summed E-state index contributed by atoms with van der Waals surface area (Å²) in [6.45, 7) is 9.14. The van der Waals surface area contributed by atoms with Crippen LogP contribution < -0.4 is 5.32 Å². The molecule has 5 heteroatoms. The van der Waals surface area contributed by atoms with Gasteiger partial charge in [-0.15, -0.1) is 11.3 Å². The van der Waals surface area contributed by atoms with Gasteiger partial charge in [0, 0.05) is 24.6 Å². The minimum absolute atomic E-state index is 0.283. The molecule has 98 valence electrons. The molecule has 4 nitrogen and oxygen atoms in total. The zero-order valence-electron chi connectivity index (χ0n) is 11.1. The van der Waals surface area contributed by atoms with Gasteiger partial charge in [0.1, 0.15) is 0 Å². The molecule has 1 aromatic rings. The molecule has 1 atom stereocenters. The number of aryl methyl sites for hydroxylation is 2. The normalized spacial score (nSPS) is 12.9. The lowest BCUT2D eigenvalue weighted by atomic mass is 10.2. The van der Waals surface area contributed by atoms with E-state index in [0.717, 1.165) is 17.2 Å². The number of hydrogen-bond acceptors (Lipinski definition) is 5. The van der Waals surface area contributed by atoms with Crippen molar-refractivity contribution < 1.29 is 9.47 Å². The highest BCUT2D eigenvalue weighted by Crippen LogP contribution is 2.21. The second-order valence-corrected chi connectivity index (χ2v) is 5.36. The van der Waals surface area contributed by atoms with E-state index in [1.54, 1.807) is 18.4 Å². The Hall–Kier alpha value is -0.490. The van der Waals surface area contributed by atoms with Gasteiger partial charge in [0.05, 0.1) is 30.5 Å². The van der Waals surface area contributed by atoms with Crippen LogP contribution in [0.4, 0.5) is 0 Å². The summed E-state index contributed by atoms with van der Waals surface area (Å²) in [6, 6.07) is 0.283. The summed E-state index contributed by atoms with van der Waals surface area (Å²) in [4.78, 5) is 5.83. The molecule has 0 fully saturated rings. The maximum atomic E-state index is 5.39. The van der Waals surface area contributed by atoms with Crippen molar-refractivity contribution in [1.82, 2.24) is 10.3 Å². The standard InChI is InChI=1S/C12H22N2O2S/c1-9(12-10(2)17-11(3)14-12)13-5-6-16-8-7-15-4/h9,13H,5-8H2,1-4H3. The molecule has 0 aliphatic carbocycles. The number of methoxy groups -OCH3 is 1. The first-order valence-electron chi connectivity index (χ1n) is 5.89. The highest BCUT2D eigenvalue weighted by Gasteiger charge is 2.11. The van der Waals surface area contributed by atoms with Crippen molar-refractivity contribution in [2.75, 3.05) is 33.5 Å². The summed E-state index contributed by atoms with van der Waals surface area (Å²) in [5, 5.41) is 4.54. The minimum Gasteiger partial charge on any atom is -0.382 e. The van der Waals surface area contributed by atoms with Crippen molar-refractivity contribution in [3.63, 3.8) is 0 Å². The first-order chi connectivity index (χ1) is 8.15. The van der Waals surface area contributed by atoms with Gasteiger partial charge in [-0.2, -0.15) is 0 Å². The van der Waals surface area contributed by atoms with Crippen molar-refractivity contribution in [2.24, 2.45) is 0 Å². The van der Waals surface area contributed by atoms with Gasteiger partial charge in [-0.3, -0.25) is 0 Å². The smallest absolute Gasteiger partial charge is 0.0900 e. The first-order valence-corrected chi connectivity index (χ1v) is 6.70. The molecule has 1 unspecified atom stereocenters. The molecular formula is C12H22N2O2S. The van der Waals surface area contributed by atoms with Crippen molar-refractivity contribution >= 4 is 11.3 Å². The molecule has 1 aromatic heterocycles. The molecule has 0 aromatic carbocycles. The fourth-order valence-corrected chi connectivity index (χ4v) is 2.55. The van der Waals surface area contributed by atoms with E-state index in [2.05, 4.69) is 24.1 Å². The molecule has 0 aliphatic heterocycles. The van der Waals surface area contributed by atoms with E-state index in [1.807, 2.05) is 6.92 Å². The van der Waals surface area contributed by atoms with Crippen LogP contribution in [0.3, 0.4) is 0 Å². The molecule has 0 radical (unpaired) electrons. The maximum absolute atomic E-state index is 5.39. The average Bonchev–Trinajstić information content (AvgIpc) is 2.62. The predicted octanol–water partition coefficient (Wildman–Crippen LogP) is 2.07. The van der Waals surface area contributed by atoms with Gasteiger partial charge in [0.15, 0.2) is 0 Å². The summed E-state index contributed by atoms with van der Waals surface area (Å²) >= 11 is 1.75. The highest BCUT2D eigenvalue weighted by atomic mass is 32.1. The Bertz CT molecular complexity index is 328. The van der Waals surface area contributed by atoms with Crippen LogP contribution in [-0.4, -0.2) is 38.5 Å². The molecule has 1 heterocycles. The van der Waals surface area contributed by atoms with Crippen LogP contribution in [0, 0.1) is 13.8 Å². The van der Waals surface area contributed by atoms with Crippen LogP contribution in [0.1, 0.15) is 28.5 Å². The van der Waals surface area contributed by atoms with Crippen LogP contribution in [-0.2, 0) is 9.47 Å².